The van der Waals surface area contributed by atoms with Gasteiger partial charge in [-0.1, -0.05) is 11.6 Å². The lowest BCUT2D eigenvalue weighted by Gasteiger charge is -2.46. The fraction of sp³-hybridized carbons (Fsp3) is 0.667. The molecule has 0 aromatic heterocycles. The SMILES string of the molecule is O=C(O)CC1CCC2(CC1)CCN(c1cc(OC3CC3)ccc1Cl)CC2. The van der Waals surface area contributed by atoms with Crippen LogP contribution in [-0.2, 0) is 4.79 Å². The number of nitrogens with zero attached hydrogens (tertiary/aromatic N) is 1. The third-order valence-corrected chi connectivity index (χ3v) is 6.86. The number of aliphatic carboxylic acids is 1. The van der Waals surface area contributed by atoms with Crippen LogP contribution in [0.5, 0.6) is 5.75 Å². The molecule has 4 nitrogen and oxygen atoms in total. The van der Waals surface area contributed by atoms with Gasteiger partial charge in [0.15, 0.2) is 0 Å². The maximum absolute atomic E-state index is 10.9. The molecule has 142 valence electrons. The van der Waals surface area contributed by atoms with Crippen LogP contribution in [0.4, 0.5) is 5.69 Å². The van der Waals surface area contributed by atoms with Crippen LogP contribution in [0.3, 0.4) is 0 Å². The van der Waals surface area contributed by atoms with E-state index in [1.807, 2.05) is 12.1 Å². The monoisotopic (exact) mass is 377 g/mol. The molecule has 5 heteroatoms. The van der Waals surface area contributed by atoms with E-state index in [9.17, 15) is 4.79 Å². The normalized spacial score (nSPS) is 23.2. The van der Waals surface area contributed by atoms with Crippen molar-refractivity contribution in [1.29, 1.82) is 0 Å². The van der Waals surface area contributed by atoms with E-state index in [0.717, 1.165) is 55.2 Å². The molecule has 1 N–H and O–H groups in total. The van der Waals surface area contributed by atoms with Crippen LogP contribution in [0.15, 0.2) is 18.2 Å². The first-order valence-corrected chi connectivity index (χ1v) is 10.3. The van der Waals surface area contributed by atoms with Crippen molar-refractivity contribution < 1.29 is 14.6 Å². The number of carboxylic acid groups (broad SMARTS) is 1. The van der Waals surface area contributed by atoms with Gasteiger partial charge in [-0.25, -0.2) is 0 Å². The predicted molar refractivity (Wildman–Crippen MR) is 103 cm³/mol. The highest BCUT2D eigenvalue weighted by Gasteiger charge is 2.38. The lowest BCUT2D eigenvalue weighted by molar-refractivity contribution is -0.138. The molecular formula is C21H28ClNO3. The quantitative estimate of drug-likeness (QED) is 0.772. The zero-order chi connectivity index (χ0) is 18.1. The van der Waals surface area contributed by atoms with Crippen LogP contribution < -0.4 is 9.64 Å². The van der Waals surface area contributed by atoms with Crippen molar-refractivity contribution >= 4 is 23.3 Å². The van der Waals surface area contributed by atoms with Crippen LogP contribution in [0.25, 0.3) is 0 Å². The highest BCUT2D eigenvalue weighted by molar-refractivity contribution is 6.33. The largest absolute Gasteiger partial charge is 0.490 e. The summed E-state index contributed by atoms with van der Waals surface area (Å²) < 4.78 is 5.93. The molecule has 0 bridgehead atoms. The number of halogens is 1. The molecule has 0 unspecified atom stereocenters. The maximum atomic E-state index is 10.9. The Morgan fingerprint density at radius 2 is 1.85 bits per heavy atom. The molecule has 3 aliphatic rings. The Hall–Kier alpha value is -1.42. The first-order chi connectivity index (χ1) is 12.5. The molecule has 0 radical (unpaired) electrons. The van der Waals surface area contributed by atoms with Crippen LogP contribution in [-0.4, -0.2) is 30.3 Å². The Kier molecular flexibility index (Phi) is 5.05. The average Bonchev–Trinajstić information content (AvgIpc) is 3.44. The van der Waals surface area contributed by atoms with Gasteiger partial charge in [-0.05, 0) is 74.8 Å². The number of hydrogen-bond acceptors (Lipinski definition) is 3. The van der Waals surface area contributed by atoms with Crippen molar-refractivity contribution in [2.45, 2.75) is 63.9 Å². The van der Waals surface area contributed by atoms with E-state index in [0.29, 0.717) is 23.9 Å². The van der Waals surface area contributed by atoms with Gasteiger partial charge in [0, 0.05) is 25.6 Å². The molecule has 1 aromatic carbocycles. The minimum absolute atomic E-state index is 0.339. The van der Waals surface area contributed by atoms with Gasteiger partial charge in [-0.2, -0.15) is 0 Å². The Morgan fingerprint density at radius 1 is 1.15 bits per heavy atom. The van der Waals surface area contributed by atoms with Gasteiger partial charge in [0.2, 0.25) is 0 Å². The summed E-state index contributed by atoms with van der Waals surface area (Å²) in [5, 5.41) is 9.81. The summed E-state index contributed by atoms with van der Waals surface area (Å²) in [5.41, 5.74) is 1.51. The maximum Gasteiger partial charge on any atom is 0.303 e. The minimum Gasteiger partial charge on any atom is -0.490 e. The molecule has 1 heterocycles. The molecule has 26 heavy (non-hydrogen) atoms. The van der Waals surface area contributed by atoms with Gasteiger partial charge in [-0.15, -0.1) is 0 Å². The van der Waals surface area contributed by atoms with Gasteiger partial charge in [-0.3, -0.25) is 4.79 Å². The summed E-state index contributed by atoms with van der Waals surface area (Å²) in [4.78, 5) is 13.3. The summed E-state index contributed by atoms with van der Waals surface area (Å²) >= 11 is 6.47. The second kappa shape index (κ2) is 7.30. The third-order valence-electron chi connectivity index (χ3n) is 6.54. The molecule has 3 fully saturated rings. The van der Waals surface area contributed by atoms with Gasteiger partial charge in [0.05, 0.1) is 16.8 Å². The molecule has 0 atom stereocenters. The van der Waals surface area contributed by atoms with E-state index < -0.39 is 5.97 Å². The second-order valence-electron chi connectivity index (χ2n) is 8.46. The molecule has 1 aromatic rings. The summed E-state index contributed by atoms with van der Waals surface area (Å²) in [6.07, 6.45) is 9.90. The van der Waals surface area contributed by atoms with Gasteiger partial charge >= 0.3 is 5.97 Å². The zero-order valence-corrected chi connectivity index (χ0v) is 16.0. The predicted octanol–water partition coefficient (Wildman–Crippen LogP) is 5.13. The number of anilines is 1. The Labute approximate surface area is 160 Å². The molecule has 2 aliphatic carbocycles. The molecule has 4 rings (SSSR count). The molecule has 0 amide bonds. The molecule has 1 aliphatic heterocycles. The Morgan fingerprint density at radius 3 is 2.46 bits per heavy atom. The van der Waals surface area contributed by atoms with Gasteiger partial charge in [0.1, 0.15) is 5.75 Å². The zero-order valence-electron chi connectivity index (χ0n) is 15.3. The van der Waals surface area contributed by atoms with E-state index in [4.69, 9.17) is 21.4 Å². The number of benzene rings is 1. The lowest BCUT2D eigenvalue weighted by atomic mass is 9.65. The van der Waals surface area contributed by atoms with Crippen molar-refractivity contribution in [3.8, 4) is 5.75 Å². The molecular weight excluding hydrogens is 350 g/mol. The summed E-state index contributed by atoms with van der Waals surface area (Å²) in [6.45, 7) is 2.05. The Balaban J connectivity index is 1.36. The van der Waals surface area contributed by atoms with E-state index in [-0.39, 0.29) is 0 Å². The Bertz CT molecular complexity index is 655. The van der Waals surface area contributed by atoms with Gasteiger partial charge in [0.25, 0.3) is 0 Å². The first-order valence-electron chi connectivity index (χ1n) is 9.96. The smallest absolute Gasteiger partial charge is 0.303 e. The summed E-state index contributed by atoms with van der Waals surface area (Å²) in [7, 11) is 0. The van der Waals surface area contributed by atoms with Crippen LogP contribution in [0.2, 0.25) is 5.02 Å². The highest BCUT2D eigenvalue weighted by Crippen LogP contribution is 2.48. The number of carboxylic acids is 1. The summed E-state index contributed by atoms with van der Waals surface area (Å²) in [5.74, 6) is 0.659. The highest BCUT2D eigenvalue weighted by atomic mass is 35.5. The third kappa shape index (κ3) is 4.11. The van der Waals surface area contributed by atoms with Crippen LogP contribution in [0.1, 0.15) is 57.8 Å². The fourth-order valence-electron chi connectivity index (χ4n) is 4.65. The van der Waals surface area contributed by atoms with Crippen molar-refractivity contribution in [1.82, 2.24) is 0 Å². The van der Waals surface area contributed by atoms with E-state index in [1.54, 1.807) is 0 Å². The van der Waals surface area contributed by atoms with Crippen molar-refractivity contribution in [3.63, 3.8) is 0 Å². The van der Waals surface area contributed by atoms with E-state index >= 15 is 0 Å². The fourth-order valence-corrected chi connectivity index (χ4v) is 4.89. The van der Waals surface area contributed by atoms with Crippen molar-refractivity contribution in [3.05, 3.63) is 23.2 Å². The number of carbonyl (C=O) groups is 1. The topological polar surface area (TPSA) is 49.8 Å². The number of rotatable bonds is 5. The number of ether oxygens (including phenoxy) is 1. The standard InChI is InChI=1S/C21H28ClNO3/c22-18-4-3-17(26-16-1-2-16)14-19(18)23-11-9-21(10-12-23)7-5-15(6-8-21)13-20(24)25/h3-4,14-16H,1-2,5-13H2,(H,24,25). The summed E-state index contributed by atoms with van der Waals surface area (Å²) in [6, 6.07) is 6.03. The average molecular weight is 378 g/mol. The van der Waals surface area contributed by atoms with E-state index in [1.165, 1.54) is 25.7 Å². The number of hydrogen-bond donors (Lipinski definition) is 1. The first kappa shape index (κ1) is 18.0. The molecule has 2 saturated carbocycles. The minimum atomic E-state index is -0.649. The van der Waals surface area contributed by atoms with Crippen molar-refractivity contribution in [2.75, 3.05) is 18.0 Å². The number of piperidine rings is 1. The van der Waals surface area contributed by atoms with Gasteiger partial charge < -0.3 is 14.7 Å². The molecule has 1 spiro atoms. The second-order valence-corrected chi connectivity index (χ2v) is 8.87. The van der Waals surface area contributed by atoms with Crippen LogP contribution in [0, 0.1) is 11.3 Å². The molecule has 1 saturated heterocycles. The lowest BCUT2D eigenvalue weighted by Crippen LogP contribution is -2.42. The van der Waals surface area contributed by atoms with Crippen LogP contribution >= 0.6 is 11.6 Å². The van der Waals surface area contributed by atoms with E-state index in [2.05, 4.69) is 11.0 Å². The van der Waals surface area contributed by atoms with Crippen molar-refractivity contribution in [2.24, 2.45) is 11.3 Å².